The van der Waals surface area contributed by atoms with Crippen molar-refractivity contribution in [2.24, 2.45) is 0 Å². The Hall–Kier alpha value is -2.99. The van der Waals surface area contributed by atoms with E-state index in [0.29, 0.717) is 27.9 Å². The first-order valence-electron chi connectivity index (χ1n) is 8.91. The van der Waals surface area contributed by atoms with Crippen molar-refractivity contribution in [3.05, 3.63) is 58.7 Å². The van der Waals surface area contributed by atoms with Gasteiger partial charge in [0.15, 0.2) is 5.76 Å². The normalized spacial score (nSPS) is 15.0. The van der Waals surface area contributed by atoms with Crippen molar-refractivity contribution in [2.45, 2.75) is 25.9 Å². The Morgan fingerprint density at radius 3 is 2.96 bits per heavy atom. The molecular formula is C21H19ClN2O4. The number of hydrogen-bond donors (Lipinski definition) is 1. The molecule has 7 heteroatoms. The molecule has 4 rings (SSSR count). The molecule has 0 radical (unpaired) electrons. The van der Waals surface area contributed by atoms with Gasteiger partial charge in [0.1, 0.15) is 17.6 Å². The summed E-state index contributed by atoms with van der Waals surface area (Å²) in [5.74, 6) is 1.82. The van der Waals surface area contributed by atoms with Gasteiger partial charge in [-0.2, -0.15) is 0 Å². The summed E-state index contributed by atoms with van der Waals surface area (Å²) in [7, 11) is 1.53. The average Bonchev–Trinajstić information content (AvgIpc) is 3.26. The molecule has 1 unspecified atom stereocenters. The van der Waals surface area contributed by atoms with Crippen LogP contribution in [0.15, 0.2) is 47.0 Å². The first-order valence-corrected chi connectivity index (χ1v) is 9.28. The van der Waals surface area contributed by atoms with Crippen LogP contribution in [0.3, 0.4) is 0 Å². The molecule has 6 nitrogen and oxygen atoms in total. The molecule has 1 aromatic heterocycles. The molecule has 3 aromatic rings. The maximum absolute atomic E-state index is 12.4. The Bertz CT molecular complexity index is 1030. The van der Waals surface area contributed by atoms with E-state index in [2.05, 4.69) is 10.5 Å². The van der Waals surface area contributed by atoms with Gasteiger partial charge in [-0.3, -0.25) is 4.79 Å². The van der Waals surface area contributed by atoms with Crippen LogP contribution in [0.1, 0.15) is 18.2 Å². The monoisotopic (exact) mass is 398 g/mol. The Morgan fingerprint density at radius 1 is 1.29 bits per heavy atom. The van der Waals surface area contributed by atoms with Gasteiger partial charge in [0.2, 0.25) is 5.91 Å². The third-order valence-corrected chi connectivity index (χ3v) is 4.75. The second-order valence-corrected chi connectivity index (χ2v) is 7.14. The van der Waals surface area contributed by atoms with Crippen molar-refractivity contribution in [3.63, 3.8) is 0 Å². The summed E-state index contributed by atoms with van der Waals surface area (Å²) >= 11 is 5.99. The van der Waals surface area contributed by atoms with Crippen molar-refractivity contribution >= 4 is 23.2 Å². The Kier molecular flexibility index (Phi) is 4.96. The van der Waals surface area contributed by atoms with Crippen molar-refractivity contribution in [2.75, 3.05) is 12.4 Å². The van der Waals surface area contributed by atoms with Crippen molar-refractivity contribution in [3.8, 4) is 22.8 Å². The van der Waals surface area contributed by atoms with Crippen LogP contribution in [0.25, 0.3) is 11.3 Å². The highest BCUT2D eigenvalue weighted by atomic mass is 35.5. The summed E-state index contributed by atoms with van der Waals surface area (Å²) < 4.78 is 16.4. The van der Waals surface area contributed by atoms with E-state index in [4.69, 9.17) is 25.6 Å². The average molecular weight is 399 g/mol. The number of nitrogens with zero attached hydrogens (tertiary/aromatic N) is 1. The van der Waals surface area contributed by atoms with E-state index in [1.165, 1.54) is 7.11 Å². The first kappa shape index (κ1) is 18.4. The number of aromatic nitrogens is 1. The van der Waals surface area contributed by atoms with Gasteiger partial charge in [-0.1, -0.05) is 16.8 Å². The number of ether oxygens (including phenoxy) is 2. The fourth-order valence-corrected chi connectivity index (χ4v) is 3.42. The number of halogens is 1. The predicted octanol–water partition coefficient (Wildman–Crippen LogP) is 4.51. The Labute approximate surface area is 167 Å². The summed E-state index contributed by atoms with van der Waals surface area (Å²) in [5.41, 5.74) is 3.11. The minimum absolute atomic E-state index is 0.0737. The topological polar surface area (TPSA) is 73.6 Å². The molecule has 1 atom stereocenters. The number of methoxy groups -OCH3 is 1. The standard InChI is InChI=1S/C21H19ClN2O4/c1-12-7-14-8-13(3-5-18(14)27-12)20-10-16(24-28-20)11-21(25)23-17-9-15(22)4-6-19(17)26-2/h3-6,8-10,12H,7,11H2,1-2H3,(H,23,25). The van der Waals surface area contributed by atoms with E-state index in [0.717, 1.165) is 23.3 Å². The van der Waals surface area contributed by atoms with E-state index < -0.39 is 0 Å². The van der Waals surface area contributed by atoms with Gasteiger partial charge >= 0.3 is 0 Å². The number of carbonyl (C=O) groups is 1. The number of anilines is 1. The second kappa shape index (κ2) is 7.56. The summed E-state index contributed by atoms with van der Waals surface area (Å²) in [4.78, 5) is 12.4. The lowest BCUT2D eigenvalue weighted by Gasteiger charge is -2.09. The molecule has 1 aliphatic rings. The van der Waals surface area contributed by atoms with Gasteiger partial charge < -0.3 is 19.3 Å². The maximum atomic E-state index is 12.4. The third-order valence-electron chi connectivity index (χ3n) is 4.52. The molecule has 0 fully saturated rings. The zero-order chi connectivity index (χ0) is 19.7. The summed E-state index contributed by atoms with van der Waals surface area (Å²) in [6, 6.07) is 12.7. The first-order chi connectivity index (χ1) is 13.5. The Morgan fingerprint density at radius 2 is 2.14 bits per heavy atom. The number of carbonyl (C=O) groups excluding carboxylic acids is 1. The minimum Gasteiger partial charge on any atom is -0.495 e. The number of hydrogen-bond acceptors (Lipinski definition) is 5. The van der Waals surface area contributed by atoms with Crippen LogP contribution in [0.2, 0.25) is 5.02 Å². The number of rotatable bonds is 5. The predicted molar refractivity (Wildman–Crippen MR) is 106 cm³/mol. The van der Waals surface area contributed by atoms with Gasteiger partial charge in [0.05, 0.1) is 24.9 Å². The van der Waals surface area contributed by atoms with Crippen LogP contribution in [0.5, 0.6) is 11.5 Å². The largest absolute Gasteiger partial charge is 0.495 e. The molecule has 144 valence electrons. The van der Waals surface area contributed by atoms with E-state index in [1.54, 1.807) is 24.3 Å². The molecule has 28 heavy (non-hydrogen) atoms. The minimum atomic E-state index is -0.239. The van der Waals surface area contributed by atoms with Crippen LogP contribution < -0.4 is 14.8 Å². The number of benzene rings is 2. The van der Waals surface area contributed by atoms with Gasteiger partial charge in [-0.15, -0.1) is 0 Å². The second-order valence-electron chi connectivity index (χ2n) is 6.71. The van der Waals surface area contributed by atoms with Gasteiger partial charge in [0.25, 0.3) is 0 Å². The third kappa shape index (κ3) is 3.82. The van der Waals surface area contributed by atoms with Crippen LogP contribution in [-0.2, 0) is 17.6 Å². The SMILES string of the molecule is COc1ccc(Cl)cc1NC(=O)Cc1cc(-c2ccc3c(c2)CC(C)O3)on1. The molecule has 1 N–H and O–H groups in total. The molecule has 0 saturated carbocycles. The molecular weight excluding hydrogens is 380 g/mol. The maximum Gasteiger partial charge on any atom is 0.230 e. The summed E-state index contributed by atoms with van der Waals surface area (Å²) in [5, 5.41) is 7.32. The van der Waals surface area contributed by atoms with E-state index in [1.807, 2.05) is 25.1 Å². The number of nitrogens with one attached hydrogen (secondary N) is 1. The molecule has 0 bridgehead atoms. The quantitative estimate of drug-likeness (QED) is 0.684. The Balaban J connectivity index is 1.46. The van der Waals surface area contributed by atoms with Crippen molar-refractivity contribution < 1.29 is 18.8 Å². The molecule has 2 aromatic carbocycles. The van der Waals surface area contributed by atoms with Crippen molar-refractivity contribution in [1.29, 1.82) is 0 Å². The highest BCUT2D eigenvalue weighted by molar-refractivity contribution is 6.31. The lowest BCUT2D eigenvalue weighted by molar-refractivity contribution is -0.115. The zero-order valence-electron chi connectivity index (χ0n) is 15.5. The summed E-state index contributed by atoms with van der Waals surface area (Å²) in [6.45, 7) is 2.04. The number of fused-ring (bicyclic) bond motifs is 1. The smallest absolute Gasteiger partial charge is 0.230 e. The lowest BCUT2D eigenvalue weighted by Crippen LogP contribution is -2.15. The van der Waals surface area contributed by atoms with Crippen molar-refractivity contribution in [1.82, 2.24) is 5.16 Å². The molecule has 0 spiro atoms. The fourth-order valence-electron chi connectivity index (χ4n) is 3.24. The molecule has 0 saturated heterocycles. The molecule has 2 heterocycles. The van der Waals surface area contributed by atoms with Crippen LogP contribution in [0.4, 0.5) is 5.69 Å². The highest BCUT2D eigenvalue weighted by Gasteiger charge is 2.20. The molecule has 0 aliphatic carbocycles. The molecule has 1 amide bonds. The van der Waals surface area contributed by atoms with Gasteiger partial charge in [0, 0.05) is 23.1 Å². The van der Waals surface area contributed by atoms with Gasteiger partial charge in [-0.05, 0) is 48.9 Å². The fraction of sp³-hybridized carbons (Fsp3) is 0.238. The van der Waals surface area contributed by atoms with E-state index >= 15 is 0 Å². The lowest BCUT2D eigenvalue weighted by atomic mass is 10.1. The van der Waals surface area contributed by atoms with Crippen LogP contribution in [-0.4, -0.2) is 24.3 Å². The van der Waals surface area contributed by atoms with E-state index in [9.17, 15) is 4.79 Å². The van der Waals surface area contributed by atoms with Crippen LogP contribution in [0, 0.1) is 0 Å². The van der Waals surface area contributed by atoms with E-state index in [-0.39, 0.29) is 18.4 Å². The van der Waals surface area contributed by atoms with Gasteiger partial charge in [-0.25, -0.2) is 0 Å². The summed E-state index contributed by atoms with van der Waals surface area (Å²) in [6.07, 6.45) is 1.13. The zero-order valence-corrected chi connectivity index (χ0v) is 16.2. The number of amides is 1. The molecule has 1 aliphatic heterocycles. The van der Waals surface area contributed by atoms with Crippen LogP contribution >= 0.6 is 11.6 Å². The highest BCUT2D eigenvalue weighted by Crippen LogP contribution is 2.33.